The summed E-state index contributed by atoms with van der Waals surface area (Å²) in [6, 6.07) is 14.8. The molecule has 3 heteroatoms. The Balaban J connectivity index is 1.47. The highest BCUT2D eigenvalue weighted by Gasteiger charge is 2.30. The zero-order valence-electron chi connectivity index (χ0n) is 21.3. The Morgan fingerprint density at radius 1 is 0.657 bits per heavy atom. The molecule has 3 nitrogen and oxygen atoms in total. The van der Waals surface area contributed by atoms with E-state index in [2.05, 4.69) is 12.1 Å². The number of rotatable bonds is 6. The van der Waals surface area contributed by atoms with Crippen molar-refractivity contribution < 1.29 is 14.3 Å². The maximum absolute atomic E-state index is 13.0. The summed E-state index contributed by atoms with van der Waals surface area (Å²) in [5.41, 5.74) is 5.09. The van der Waals surface area contributed by atoms with Crippen LogP contribution in [0.1, 0.15) is 136 Å². The predicted molar refractivity (Wildman–Crippen MR) is 141 cm³/mol. The van der Waals surface area contributed by atoms with Crippen molar-refractivity contribution in [3.63, 3.8) is 0 Å². The molecule has 0 N–H and O–H groups in total. The van der Waals surface area contributed by atoms with Crippen LogP contribution in [0.5, 0.6) is 5.75 Å². The molecule has 188 valence electrons. The van der Waals surface area contributed by atoms with Crippen LogP contribution in [0.4, 0.5) is 4.79 Å². The van der Waals surface area contributed by atoms with Gasteiger partial charge in [-0.05, 0) is 78.5 Å². The van der Waals surface area contributed by atoms with Gasteiger partial charge < -0.3 is 9.47 Å². The van der Waals surface area contributed by atoms with Gasteiger partial charge in [0.25, 0.3) is 0 Å². The van der Waals surface area contributed by atoms with Crippen molar-refractivity contribution in [2.45, 2.75) is 121 Å². The van der Waals surface area contributed by atoms with Crippen molar-refractivity contribution in [1.82, 2.24) is 0 Å². The normalized spacial score (nSPS) is 20.5. The molecule has 3 aliphatic carbocycles. The molecule has 0 radical (unpaired) electrons. The monoisotopic (exact) mass is 474 g/mol. The smallest absolute Gasteiger partial charge is 0.429 e. The van der Waals surface area contributed by atoms with E-state index in [-0.39, 0.29) is 6.61 Å². The van der Waals surface area contributed by atoms with Crippen molar-refractivity contribution in [2.75, 3.05) is 0 Å². The van der Waals surface area contributed by atoms with Gasteiger partial charge in [-0.15, -0.1) is 0 Å². The minimum Gasteiger partial charge on any atom is -0.429 e. The van der Waals surface area contributed by atoms with Gasteiger partial charge in [-0.1, -0.05) is 100 Å². The van der Waals surface area contributed by atoms with E-state index < -0.39 is 6.16 Å². The minimum atomic E-state index is -0.562. The fraction of sp³-hybridized carbons (Fsp3) is 0.594. The van der Waals surface area contributed by atoms with E-state index in [0.717, 1.165) is 11.3 Å². The van der Waals surface area contributed by atoms with E-state index in [1.807, 2.05) is 30.3 Å². The molecule has 35 heavy (non-hydrogen) atoms. The molecule has 0 spiro atoms. The van der Waals surface area contributed by atoms with Crippen LogP contribution >= 0.6 is 0 Å². The second-order valence-corrected chi connectivity index (χ2v) is 11.2. The Morgan fingerprint density at radius 3 is 1.66 bits per heavy atom. The van der Waals surface area contributed by atoms with Crippen molar-refractivity contribution in [1.29, 1.82) is 0 Å². The molecule has 0 unspecified atom stereocenters. The van der Waals surface area contributed by atoms with Crippen molar-refractivity contribution >= 4 is 6.16 Å². The number of hydrogen-bond acceptors (Lipinski definition) is 3. The number of carbonyl (C=O) groups is 1. The number of carbonyl (C=O) groups excluding carboxylic acids is 1. The number of hydrogen-bond donors (Lipinski definition) is 0. The molecule has 2 aromatic carbocycles. The largest absolute Gasteiger partial charge is 0.514 e. The van der Waals surface area contributed by atoms with Gasteiger partial charge in [-0.3, -0.25) is 0 Å². The highest BCUT2D eigenvalue weighted by molar-refractivity contribution is 5.66. The molecular weight excluding hydrogens is 432 g/mol. The first kappa shape index (κ1) is 24.4. The quantitative estimate of drug-likeness (QED) is 0.309. The van der Waals surface area contributed by atoms with Crippen LogP contribution in [0.25, 0.3) is 0 Å². The topological polar surface area (TPSA) is 35.5 Å². The van der Waals surface area contributed by atoms with Gasteiger partial charge in [-0.2, -0.15) is 0 Å². The van der Waals surface area contributed by atoms with E-state index in [9.17, 15) is 4.79 Å². The molecule has 3 aliphatic rings. The maximum Gasteiger partial charge on any atom is 0.514 e. The van der Waals surface area contributed by atoms with E-state index in [1.165, 1.54) is 113 Å². The molecule has 3 saturated carbocycles. The molecule has 0 heterocycles. The third-order valence-corrected chi connectivity index (χ3v) is 8.72. The maximum atomic E-state index is 13.0. The van der Waals surface area contributed by atoms with E-state index in [0.29, 0.717) is 17.8 Å². The summed E-state index contributed by atoms with van der Waals surface area (Å²) in [6.07, 6.45) is 18.6. The third-order valence-electron chi connectivity index (χ3n) is 8.72. The lowest BCUT2D eigenvalue weighted by molar-refractivity contribution is 0.0916. The molecular formula is C32H42O3. The first-order valence-electron chi connectivity index (χ1n) is 14.3. The van der Waals surface area contributed by atoms with Crippen LogP contribution in [-0.2, 0) is 11.3 Å². The summed E-state index contributed by atoms with van der Waals surface area (Å²) >= 11 is 0. The third kappa shape index (κ3) is 6.29. The highest BCUT2D eigenvalue weighted by atomic mass is 16.7. The van der Waals surface area contributed by atoms with E-state index in [1.54, 1.807) is 0 Å². The Labute approximate surface area is 211 Å². The standard InChI is InChI=1S/C32H42O3/c33-32(34-23-24-13-5-1-6-14-24)35-31-29(26-17-9-3-10-18-26)21-28(25-15-7-2-8-16-25)22-30(31)27-19-11-4-12-20-27/h1,5-6,13-14,21-22,25-27H,2-4,7-12,15-20,23H2. The highest BCUT2D eigenvalue weighted by Crippen LogP contribution is 2.47. The average Bonchev–Trinajstić information content (AvgIpc) is 2.94. The van der Waals surface area contributed by atoms with E-state index in [4.69, 9.17) is 9.47 Å². The zero-order chi connectivity index (χ0) is 23.9. The summed E-state index contributed by atoms with van der Waals surface area (Å²) < 4.78 is 11.8. The predicted octanol–water partition coefficient (Wildman–Crippen LogP) is 9.55. The molecule has 0 atom stereocenters. The molecule has 0 aliphatic heterocycles. The Kier molecular flexibility index (Phi) is 8.44. The molecule has 0 saturated heterocycles. The van der Waals surface area contributed by atoms with E-state index >= 15 is 0 Å². The molecule has 0 aromatic heterocycles. The lowest BCUT2D eigenvalue weighted by atomic mass is 9.75. The Bertz CT molecular complexity index is 909. The number of benzene rings is 2. The summed E-state index contributed by atoms with van der Waals surface area (Å²) in [6.45, 7) is 0.247. The lowest BCUT2D eigenvalue weighted by Gasteiger charge is -2.31. The van der Waals surface area contributed by atoms with Gasteiger partial charge >= 0.3 is 6.16 Å². The SMILES string of the molecule is O=C(OCc1ccccc1)Oc1c(C2CCCCC2)cc(C2CCCCC2)cc1C1CCCCC1. The van der Waals surface area contributed by atoms with Gasteiger partial charge in [-0.25, -0.2) is 4.79 Å². The van der Waals surface area contributed by atoms with Gasteiger partial charge in [0.05, 0.1) is 0 Å². The van der Waals surface area contributed by atoms with Gasteiger partial charge in [0, 0.05) is 0 Å². The molecule has 2 aromatic rings. The average molecular weight is 475 g/mol. The van der Waals surface area contributed by atoms with Crippen LogP contribution in [0.2, 0.25) is 0 Å². The fourth-order valence-corrected chi connectivity index (χ4v) is 6.75. The summed E-state index contributed by atoms with van der Waals surface area (Å²) in [7, 11) is 0. The minimum absolute atomic E-state index is 0.247. The Hall–Kier alpha value is -2.29. The van der Waals surface area contributed by atoms with Gasteiger partial charge in [0.15, 0.2) is 0 Å². The van der Waals surface area contributed by atoms with Crippen LogP contribution in [0.15, 0.2) is 42.5 Å². The Morgan fingerprint density at radius 2 is 1.14 bits per heavy atom. The first-order valence-corrected chi connectivity index (χ1v) is 14.3. The summed E-state index contributed by atoms with van der Waals surface area (Å²) in [5, 5.41) is 0. The second-order valence-electron chi connectivity index (χ2n) is 11.2. The molecule has 0 bridgehead atoms. The van der Waals surface area contributed by atoms with Gasteiger partial charge in [0.2, 0.25) is 0 Å². The van der Waals surface area contributed by atoms with Crippen molar-refractivity contribution in [3.05, 3.63) is 64.7 Å². The summed E-state index contributed by atoms with van der Waals surface area (Å²) in [5.74, 6) is 2.49. The second kappa shape index (κ2) is 12.1. The van der Waals surface area contributed by atoms with Crippen molar-refractivity contribution in [2.24, 2.45) is 0 Å². The zero-order valence-corrected chi connectivity index (χ0v) is 21.3. The van der Waals surface area contributed by atoms with Gasteiger partial charge in [0.1, 0.15) is 12.4 Å². The van der Waals surface area contributed by atoms with Crippen molar-refractivity contribution in [3.8, 4) is 5.75 Å². The first-order chi connectivity index (χ1) is 17.3. The lowest BCUT2D eigenvalue weighted by Crippen LogP contribution is -2.18. The molecule has 3 fully saturated rings. The number of ether oxygens (including phenoxy) is 2. The van der Waals surface area contributed by atoms with Crippen LogP contribution < -0.4 is 4.74 Å². The molecule has 0 amide bonds. The fourth-order valence-electron chi connectivity index (χ4n) is 6.75. The summed E-state index contributed by atoms with van der Waals surface area (Å²) in [4.78, 5) is 13.0. The van der Waals surface area contributed by atoms with Crippen LogP contribution in [-0.4, -0.2) is 6.16 Å². The van der Waals surface area contributed by atoms with Crippen LogP contribution in [0.3, 0.4) is 0 Å². The van der Waals surface area contributed by atoms with Crippen LogP contribution in [0, 0.1) is 0 Å². The molecule has 5 rings (SSSR count).